The van der Waals surface area contributed by atoms with Crippen LogP contribution in [0.2, 0.25) is 0 Å². The van der Waals surface area contributed by atoms with Gasteiger partial charge in [0.05, 0.1) is 7.11 Å². The predicted molar refractivity (Wildman–Crippen MR) is 181 cm³/mol. The van der Waals surface area contributed by atoms with E-state index in [9.17, 15) is 19.5 Å². The number of carbonyl (C=O) groups is 3. The van der Waals surface area contributed by atoms with E-state index in [1.54, 1.807) is 69.2 Å². The number of benzene rings is 3. The fraction of sp³-hybridized carbons (Fsp3) is 0.432. The van der Waals surface area contributed by atoms with E-state index in [4.69, 9.17) is 9.47 Å². The lowest BCUT2D eigenvalue weighted by Gasteiger charge is -2.35. The molecule has 3 aromatic rings. The number of anilines is 1. The summed E-state index contributed by atoms with van der Waals surface area (Å²) in [7, 11) is 1.57. The van der Waals surface area contributed by atoms with Gasteiger partial charge in [-0.1, -0.05) is 56.5 Å². The largest absolute Gasteiger partial charge is 0.508 e. The smallest absolute Gasteiger partial charge is 0.408 e. The van der Waals surface area contributed by atoms with Gasteiger partial charge < -0.3 is 30.1 Å². The van der Waals surface area contributed by atoms with Crippen LogP contribution in [0.3, 0.4) is 0 Å². The number of ether oxygens (including phenoxy) is 2. The highest BCUT2D eigenvalue weighted by molar-refractivity contribution is 5.99. The van der Waals surface area contributed by atoms with Crippen LogP contribution in [0.5, 0.6) is 11.5 Å². The van der Waals surface area contributed by atoms with Gasteiger partial charge >= 0.3 is 6.09 Å². The normalized spacial score (nSPS) is 12.5. The van der Waals surface area contributed by atoms with Gasteiger partial charge in [0.2, 0.25) is 5.91 Å². The lowest BCUT2D eigenvalue weighted by molar-refractivity contribution is -0.140. The monoisotopic (exact) mass is 631 g/mol. The molecule has 0 spiro atoms. The third kappa shape index (κ3) is 10.8. The predicted octanol–water partition coefficient (Wildman–Crippen LogP) is 7.24. The van der Waals surface area contributed by atoms with E-state index in [0.717, 1.165) is 36.0 Å². The molecule has 0 bridgehead atoms. The van der Waals surface area contributed by atoms with Crippen molar-refractivity contribution in [1.82, 2.24) is 10.2 Å². The van der Waals surface area contributed by atoms with E-state index in [-0.39, 0.29) is 18.1 Å². The van der Waals surface area contributed by atoms with Gasteiger partial charge in [-0.3, -0.25) is 9.59 Å². The number of phenolic OH excluding ortho intramolecular Hbond substituents is 1. The maximum atomic E-state index is 14.7. The number of aromatic hydroxyl groups is 1. The number of alkyl carbamates (subject to hydrolysis) is 1. The highest BCUT2D eigenvalue weighted by Gasteiger charge is 2.36. The molecule has 0 radical (unpaired) electrons. The summed E-state index contributed by atoms with van der Waals surface area (Å²) in [6.45, 7) is 11.6. The minimum atomic E-state index is -1.05. The number of nitrogens with one attached hydrogen (secondary N) is 2. The Morgan fingerprint density at radius 2 is 1.57 bits per heavy atom. The van der Waals surface area contributed by atoms with Crippen molar-refractivity contribution in [2.24, 2.45) is 0 Å². The molecule has 0 aliphatic heterocycles. The second-order valence-electron chi connectivity index (χ2n) is 12.6. The molecule has 0 aromatic heterocycles. The molecule has 2 atom stereocenters. The molecule has 0 saturated carbocycles. The highest BCUT2D eigenvalue weighted by atomic mass is 16.6. The maximum Gasteiger partial charge on any atom is 0.408 e. The second-order valence-corrected chi connectivity index (χ2v) is 12.6. The summed E-state index contributed by atoms with van der Waals surface area (Å²) in [6, 6.07) is 17.2. The molecule has 3 amide bonds. The van der Waals surface area contributed by atoms with E-state index in [2.05, 4.69) is 17.6 Å². The summed E-state index contributed by atoms with van der Waals surface area (Å²) >= 11 is 0. The number of hydrogen-bond donors (Lipinski definition) is 3. The van der Waals surface area contributed by atoms with Crippen molar-refractivity contribution >= 4 is 23.6 Å². The van der Waals surface area contributed by atoms with E-state index in [1.165, 1.54) is 12.1 Å². The molecule has 0 heterocycles. The molecule has 3 rings (SSSR count). The molecule has 248 valence electrons. The van der Waals surface area contributed by atoms with Crippen molar-refractivity contribution in [3.05, 3.63) is 89.0 Å². The average molecular weight is 632 g/mol. The number of hydrogen-bond acceptors (Lipinski definition) is 6. The number of amides is 3. The lowest BCUT2D eigenvalue weighted by atomic mass is 9.97. The Bertz CT molecular complexity index is 1450. The summed E-state index contributed by atoms with van der Waals surface area (Å²) in [5.74, 6) is -0.0440. The fourth-order valence-corrected chi connectivity index (χ4v) is 5.09. The van der Waals surface area contributed by atoms with Gasteiger partial charge in [0.1, 0.15) is 29.2 Å². The molecule has 3 N–H and O–H groups in total. The van der Waals surface area contributed by atoms with Crippen molar-refractivity contribution in [1.29, 1.82) is 0 Å². The molecule has 9 nitrogen and oxygen atoms in total. The Kier molecular flexibility index (Phi) is 13.0. The number of rotatable bonds is 14. The van der Waals surface area contributed by atoms with Crippen LogP contribution in [0.15, 0.2) is 66.7 Å². The minimum absolute atomic E-state index is 0.0919. The standard InChI is InChI=1S/C37H49N3O6/c1-8-9-10-11-22-40(35(43)32(39-36(44)46-37(4,5)6)24-27-13-18-30(41)19-14-27)33(28-15-12-25(2)26(3)23-28)34(42)38-29-16-20-31(45-7)21-17-29/h12-21,23,32-33,41H,8-11,22,24H2,1-7H3,(H,38,42)(H,39,44). The molecule has 0 aliphatic carbocycles. The van der Waals surface area contributed by atoms with Gasteiger partial charge in [0.15, 0.2) is 0 Å². The van der Waals surface area contributed by atoms with Crippen LogP contribution in [0.25, 0.3) is 0 Å². The first kappa shape index (κ1) is 35.9. The van der Waals surface area contributed by atoms with Crippen LogP contribution in [0, 0.1) is 13.8 Å². The van der Waals surface area contributed by atoms with Crippen molar-refractivity contribution in [2.45, 2.75) is 91.3 Å². The molecule has 46 heavy (non-hydrogen) atoms. The van der Waals surface area contributed by atoms with E-state index in [1.807, 2.05) is 32.0 Å². The number of unbranched alkanes of at least 4 members (excludes halogenated alkanes) is 3. The molecule has 0 aliphatic rings. The number of phenols is 1. The first-order valence-corrected chi connectivity index (χ1v) is 15.9. The van der Waals surface area contributed by atoms with Crippen LogP contribution in [0.1, 0.15) is 81.7 Å². The zero-order valence-corrected chi connectivity index (χ0v) is 28.2. The van der Waals surface area contributed by atoms with Crippen molar-refractivity contribution in [3.63, 3.8) is 0 Å². The van der Waals surface area contributed by atoms with Crippen LogP contribution in [-0.4, -0.2) is 53.2 Å². The Labute approximate surface area is 273 Å². The van der Waals surface area contributed by atoms with Crippen LogP contribution in [-0.2, 0) is 20.7 Å². The maximum absolute atomic E-state index is 14.7. The van der Waals surface area contributed by atoms with Gasteiger partial charge in [-0.2, -0.15) is 0 Å². The zero-order valence-electron chi connectivity index (χ0n) is 28.2. The van der Waals surface area contributed by atoms with Crippen molar-refractivity contribution < 1.29 is 29.0 Å². The van der Waals surface area contributed by atoms with E-state index >= 15 is 0 Å². The fourth-order valence-electron chi connectivity index (χ4n) is 5.09. The summed E-state index contributed by atoms with van der Waals surface area (Å²) < 4.78 is 10.8. The quantitative estimate of drug-likeness (QED) is 0.162. The lowest BCUT2D eigenvalue weighted by Crippen LogP contribution is -2.53. The Morgan fingerprint density at radius 1 is 0.891 bits per heavy atom. The second kappa shape index (κ2) is 16.7. The van der Waals surface area contributed by atoms with Gasteiger partial charge in [-0.15, -0.1) is 0 Å². The van der Waals surface area contributed by atoms with Gasteiger partial charge in [-0.05, 0) is 99.7 Å². The first-order chi connectivity index (χ1) is 21.8. The molecular formula is C37H49N3O6. The summed E-state index contributed by atoms with van der Waals surface area (Å²) in [5.41, 5.74) is 3.23. The molecule has 9 heteroatoms. The van der Waals surface area contributed by atoms with Crippen LogP contribution in [0.4, 0.5) is 10.5 Å². The topological polar surface area (TPSA) is 117 Å². The SMILES string of the molecule is CCCCCCN(C(=O)C(Cc1ccc(O)cc1)NC(=O)OC(C)(C)C)C(C(=O)Nc1ccc(OC)cc1)c1ccc(C)c(C)c1. The Hall–Kier alpha value is -4.53. The number of aryl methyl sites for hydroxylation is 2. The van der Waals surface area contributed by atoms with Gasteiger partial charge in [0, 0.05) is 18.7 Å². The van der Waals surface area contributed by atoms with Crippen LogP contribution >= 0.6 is 0 Å². The third-order valence-corrected chi connectivity index (χ3v) is 7.67. The summed E-state index contributed by atoms with van der Waals surface area (Å²) in [5, 5.41) is 15.6. The number of carbonyl (C=O) groups excluding carboxylic acids is 3. The van der Waals surface area contributed by atoms with E-state index in [0.29, 0.717) is 30.0 Å². The molecule has 2 unspecified atom stereocenters. The molecular weight excluding hydrogens is 582 g/mol. The average Bonchev–Trinajstić information content (AvgIpc) is 3.00. The highest BCUT2D eigenvalue weighted by Crippen LogP contribution is 2.28. The van der Waals surface area contributed by atoms with Crippen molar-refractivity contribution in [3.8, 4) is 11.5 Å². The Balaban J connectivity index is 2.09. The Morgan fingerprint density at radius 3 is 2.15 bits per heavy atom. The zero-order chi connectivity index (χ0) is 33.9. The third-order valence-electron chi connectivity index (χ3n) is 7.67. The minimum Gasteiger partial charge on any atom is -0.508 e. The number of nitrogens with zero attached hydrogens (tertiary/aromatic N) is 1. The van der Waals surface area contributed by atoms with Crippen LogP contribution < -0.4 is 15.4 Å². The van der Waals surface area contributed by atoms with Gasteiger partial charge in [0.25, 0.3) is 5.91 Å². The first-order valence-electron chi connectivity index (χ1n) is 15.9. The van der Waals surface area contributed by atoms with E-state index < -0.39 is 29.7 Å². The number of methoxy groups -OCH3 is 1. The van der Waals surface area contributed by atoms with Gasteiger partial charge in [-0.25, -0.2) is 4.79 Å². The molecule has 0 fully saturated rings. The molecule has 3 aromatic carbocycles. The summed E-state index contributed by atoms with van der Waals surface area (Å²) in [6.07, 6.45) is 2.94. The molecule has 0 saturated heterocycles. The summed E-state index contributed by atoms with van der Waals surface area (Å²) in [4.78, 5) is 43.6. The van der Waals surface area contributed by atoms with Crippen molar-refractivity contribution in [2.75, 3.05) is 19.0 Å².